The minimum absolute atomic E-state index is 0.0112. The molecule has 2 aromatic heterocycles. The maximum atomic E-state index is 14.4. The van der Waals surface area contributed by atoms with Crippen LogP contribution in [0.2, 0.25) is 0 Å². The highest BCUT2D eigenvalue weighted by Crippen LogP contribution is 2.43. The van der Waals surface area contributed by atoms with Gasteiger partial charge in [-0.05, 0) is 6.92 Å². The molecule has 0 unspecified atom stereocenters. The first-order valence-corrected chi connectivity index (χ1v) is 6.25. The number of nitrogen functional groups attached to an aromatic ring is 1. The Bertz CT molecular complexity index is 790. The van der Waals surface area contributed by atoms with Gasteiger partial charge in [-0.15, -0.1) is 0 Å². The van der Waals surface area contributed by atoms with Crippen molar-refractivity contribution in [2.24, 2.45) is 5.11 Å². The van der Waals surface area contributed by atoms with Gasteiger partial charge in [-0.2, -0.15) is 5.10 Å². The van der Waals surface area contributed by atoms with Crippen molar-refractivity contribution in [2.75, 3.05) is 5.73 Å². The van der Waals surface area contributed by atoms with Crippen molar-refractivity contribution in [1.82, 2.24) is 19.5 Å². The van der Waals surface area contributed by atoms with Crippen LogP contribution < -0.4 is 10.6 Å². The summed E-state index contributed by atoms with van der Waals surface area (Å²) in [5.41, 5.74) is 10.5. The van der Waals surface area contributed by atoms with Crippen molar-refractivity contribution < 1.29 is 18.6 Å². The monoisotopic (exact) mass is 312 g/mol. The van der Waals surface area contributed by atoms with Crippen molar-refractivity contribution in [3.63, 3.8) is 0 Å². The third kappa shape index (κ3) is 1.87. The Morgan fingerprint density at radius 2 is 2.36 bits per heavy atom. The van der Waals surface area contributed by atoms with E-state index in [1.807, 2.05) is 0 Å². The number of anilines is 1. The highest BCUT2D eigenvalue weighted by Gasteiger charge is 2.57. The van der Waals surface area contributed by atoms with Crippen LogP contribution in [0.4, 0.5) is 14.6 Å². The fourth-order valence-electron chi connectivity index (χ4n) is 2.51. The van der Waals surface area contributed by atoms with Crippen LogP contribution in [0.25, 0.3) is 5.52 Å². The quantitative estimate of drug-likeness (QED) is 0.547. The van der Waals surface area contributed by atoms with Crippen LogP contribution >= 0.6 is 0 Å². The lowest BCUT2D eigenvalue weighted by atomic mass is 10.0. The van der Waals surface area contributed by atoms with Crippen LogP contribution in [-0.2, 0) is 4.74 Å². The van der Waals surface area contributed by atoms with Crippen LogP contribution in [-0.4, -0.2) is 37.7 Å². The second-order valence-electron chi connectivity index (χ2n) is 5.01. The largest absolute Gasteiger partial charge is 0.385 e. The summed E-state index contributed by atoms with van der Waals surface area (Å²) in [5.74, 6) is -0.851. The molecule has 3 heterocycles. The Morgan fingerprint density at radius 3 is 3.05 bits per heavy atom. The molecule has 0 aliphatic carbocycles. The van der Waals surface area contributed by atoms with Crippen molar-refractivity contribution in [3.05, 3.63) is 23.9 Å². The van der Waals surface area contributed by atoms with Crippen LogP contribution in [0.1, 0.15) is 18.7 Å². The molecule has 0 radical (unpaired) electrons. The zero-order chi connectivity index (χ0) is 16.1. The van der Waals surface area contributed by atoms with E-state index in [9.17, 15) is 13.9 Å². The third-order valence-electron chi connectivity index (χ3n) is 3.61. The standard InChI is InChI=1S/C11H12F2N7O2/c1-11(18-19-15)9(21)6(13)8(22-11)5-2-4(12)7-10(14)16-3-17-20(5)7/h2-3,6,8-9,15,21H,1H3,(H2,14,16,17)/q+1/t6-,8-,9-,11+/m0/s1. The number of fused-ring (bicyclic) bond motifs is 1. The first-order chi connectivity index (χ1) is 10.4. The molecule has 4 N–H and O–H groups in total. The normalized spacial score (nSPS) is 31.4. The van der Waals surface area contributed by atoms with Crippen molar-refractivity contribution in [2.45, 2.75) is 31.0 Å². The van der Waals surface area contributed by atoms with Gasteiger partial charge in [0.2, 0.25) is 4.91 Å². The van der Waals surface area contributed by atoms with Gasteiger partial charge < -0.3 is 15.6 Å². The van der Waals surface area contributed by atoms with Gasteiger partial charge in [0, 0.05) is 6.07 Å². The maximum absolute atomic E-state index is 14.4. The molecule has 3 rings (SSSR count). The Kier molecular flexibility index (Phi) is 3.13. The molecule has 0 bridgehead atoms. The van der Waals surface area contributed by atoms with Crippen LogP contribution in [0.15, 0.2) is 17.5 Å². The maximum Gasteiger partial charge on any atom is 0.269 e. The van der Waals surface area contributed by atoms with Crippen molar-refractivity contribution in [3.8, 4) is 0 Å². The first-order valence-electron chi connectivity index (χ1n) is 6.25. The van der Waals surface area contributed by atoms with Gasteiger partial charge in [-0.25, -0.2) is 18.3 Å². The molecule has 9 nitrogen and oxygen atoms in total. The number of alkyl halides is 1. The third-order valence-corrected chi connectivity index (χ3v) is 3.61. The van der Waals surface area contributed by atoms with Crippen LogP contribution in [0.3, 0.4) is 0 Å². The van der Waals surface area contributed by atoms with E-state index >= 15 is 0 Å². The van der Waals surface area contributed by atoms with E-state index in [1.165, 1.54) is 6.92 Å². The summed E-state index contributed by atoms with van der Waals surface area (Å²) in [7, 11) is 0. The number of rotatable bonds is 2. The van der Waals surface area contributed by atoms with E-state index < -0.39 is 29.9 Å². The van der Waals surface area contributed by atoms with Gasteiger partial charge in [-0.3, -0.25) is 0 Å². The molecule has 22 heavy (non-hydrogen) atoms. The highest BCUT2D eigenvalue weighted by atomic mass is 19.1. The van der Waals surface area contributed by atoms with Gasteiger partial charge in [-0.1, -0.05) is 0 Å². The molecular weight excluding hydrogens is 300 g/mol. The molecular formula is C11H12F2N7O2+. The number of aliphatic hydroxyl groups excluding tert-OH is 1. The van der Waals surface area contributed by atoms with Crippen LogP contribution in [0, 0.1) is 11.3 Å². The van der Waals surface area contributed by atoms with Gasteiger partial charge in [0.15, 0.2) is 22.9 Å². The lowest BCUT2D eigenvalue weighted by Gasteiger charge is -2.14. The summed E-state index contributed by atoms with van der Waals surface area (Å²) < 4.78 is 34.8. The zero-order valence-corrected chi connectivity index (χ0v) is 11.3. The molecule has 1 saturated heterocycles. The van der Waals surface area contributed by atoms with Crippen LogP contribution in [0.5, 0.6) is 0 Å². The number of hydrogen-bond donors (Lipinski definition) is 3. The number of aliphatic hydroxyl groups is 1. The Morgan fingerprint density at radius 1 is 1.64 bits per heavy atom. The number of nitrogens with zero attached hydrogens (tertiary/aromatic N) is 5. The minimum Gasteiger partial charge on any atom is -0.385 e. The van der Waals surface area contributed by atoms with E-state index in [4.69, 9.17) is 16.0 Å². The average Bonchev–Trinajstić information content (AvgIpc) is 2.91. The lowest BCUT2D eigenvalue weighted by molar-refractivity contribution is -0.0713. The van der Waals surface area contributed by atoms with Crippen molar-refractivity contribution >= 4 is 11.3 Å². The number of halogens is 2. The molecule has 0 spiro atoms. The highest BCUT2D eigenvalue weighted by molar-refractivity contribution is 5.66. The summed E-state index contributed by atoms with van der Waals surface area (Å²) in [5, 5.41) is 17.1. The second kappa shape index (κ2) is 4.77. The second-order valence-corrected chi connectivity index (χ2v) is 5.01. The van der Waals surface area contributed by atoms with E-state index in [0.29, 0.717) is 0 Å². The smallest absolute Gasteiger partial charge is 0.269 e. The lowest BCUT2D eigenvalue weighted by Crippen LogP contribution is -2.37. The molecule has 0 amide bonds. The molecule has 4 atom stereocenters. The Labute approximate surface area is 121 Å². The summed E-state index contributed by atoms with van der Waals surface area (Å²) in [6.45, 7) is 1.28. The molecule has 116 valence electrons. The molecule has 1 fully saturated rings. The predicted octanol–water partition coefficient (Wildman–Crippen LogP) is 0.487. The predicted molar refractivity (Wildman–Crippen MR) is 67.8 cm³/mol. The Hall–Kier alpha value is -2.49. The fourth-order valence-corrected chi connectivity index (χ4v) is 2.51. The molecule has 1 aliphatic rings. The van der Waals surface area contributed by atoms with Gasteiger partial charge in [0.25, 0.3) is 5.72 Å². The number of nitrogens with two attached hydrogens (primary N) is 1. The zero-order valence-electron chi connectivity index (χ0n) is 11.3. The van der Waals surface area contributed by atoms with Gasteiger partial charge in [0.1, 0.15) is 29.6 Å². The number of ether oxygens (including phenoxy) is 1. The van der Waals surface area contributed by atoms with E-state index in [1.54, 1.807) is 0 Å². The van der Waals surface area contributed by atoms with E-state index in [-0.39, 0.29) is 17.0 Å². The number of aromatic nitrogens is 3. The molecule has 2 aromatic rings. The van der Waals surface area contributed by atoms with E-state index in [2.05, 4.69) is 20.1 Å². The molecule has 11 heteroatoms. The minimum atomic E-state index is -1.91. The average molecular weight is 312 g/mol. The summed E-state index contributed by atoms with van der Waals surface area (Å²) in [6.07, 6.45) is -3.84. The van der Waals surface area contributed by atoms with Crippen molar-refractivity contribution in [1.29, 1.82) is 5.53 Å². The topological polar surface area (TPSA) is 136 Å². The summed E-state index contributed by atoms with van der Waals surface area (Å²) in [4.78, 5) is 6.44. The first kappa shape index (κ1) is 14.4. The molecule has 0 saturated carbocycles. The molecule has 1 aliphatic heterocycles. The summed E-state index contributed by atoms with van der Waals surface area (Å²) in [6, 6.07) is 1.01. The summed E-state index contributed by atoms with van der Waals surface area (Å²) >= 11 is 0. The van der Waals surface area contributed by atoms with Gasteiger partial charge in [0.05, 0.1) is 5.69 Å². The molecule has 0 aromatic carbocycles. The number of nitrogens with one attached hydrogen (secondary N) is 1. The fraction of sp³-hybridized carbons (Fsp3) is 0.455. The van der Waals surface area contributed by atoms with Gasteiger partial charge >= 0.3 is 0 Å². The number of hydrogen-bond acceptors (Lipinski definition) is 7. The van der Waals surface area contributed by atoms with E-state index in [0.717, 1.165) is 16.9 Å². The Balaban J connectivity index is 2.13. The SMILES string of the molecule is C[C@@]1(N=[N+]=N)O[C@@H](c2cc(F)c3c(N)ncnn23)[C@H](F)[C@@H]1O.